The van der Waals surface area contributed by atoms with E-state index in [0.29, 0.717) is 25.9 Å². The van der Waals surface area contributed by atoms with Crippen LogP contribution in [0, 0.1) is 23.2 Å². The highest BCUT2D eigenvalue weighted by Crippen LogP contribution is 2.60. The molecule has 4 bridgehead atoms. The van der Waals surface area contributed by atoms with Gasteiger partial charge in [-0.05, 0) is 88.4 Å². The Morgan fingerprint density at radius 2 is 1.81 bits per heavy atom. The van der Waals surface area contributed by atoms with Crippen molar-refractivity contribution in [1.29, 1.82) is 0 Å². The second-order valence-electron chi connectivity index (χ2n) is 10.4. The topological polar surface area (TPSA) is 62.3 Å². The predicted molar refractivity (Wildman–Crippen MR) is 124 cm³/mol. The molecule has 1 aromatic heterocycles. The van der Waals surface area contributed by atoms with Crippen LogP contribution in [0.15, 0.2) is 12.7 Å². The lowest BCUT2D eigenvalue weighted by Gasteiger charge is -2.55. The molecular weight excluding hydrogens is 406 g/mol. The van der Waals surface area contributed by atoms with E-state index in [2.05, 4.69) is 11.9 Å². The van der Waals surface area contributed by atoms with Gasteiger partial charge in [-0.15, -0.1) is 17.9 Å². The van der Waals surface area contributed by atoms with Crippen LogP contribution in [-0.2, 0) is 22.4 Å². The molecule has 0 aromatic carbocycles. The predicted octanol–water partition coefficient (Wildman–Crippen LogP) is 4.65. The van der Waals surface area contributed by atoms with Crippen molar-refractivity contribution < 1.29 is 9.59 Å². The molecule has 2 amide bonds. The number of nitrogens with zero attached hydrogens (tertiary/aromatic N) is 2. The third kappa shape index (κ3) is 4.20. The number of aryl methyl sites for hydroxylation is 2. The van der Waals surface area contributed by atoms with Crippen molar-refractivity contribution >= 4 is 28.3 Å². The van der Waals surface area contributed by atoms with Crippen LogP contribution in [-0.4, -0.2) is 29.9 Å². The number of nitrogens with one attached hydrogen (secondary N) is 1. The summed E-state index contributed by atoms with van der Waals surface area (Å²) in [5.41, 5.74) is 1.07. The number of hydrogen-bond donors (Lipinski definition) is 1. The minimum absolute atomic E-state index is 0.0788. The molecule has 6 heteroatoms. The maximum absolute atomic E-state index is 13.1. The molecule has 4 saturated carbocycles. The summed E-state index contributed by atoms with van der Waals surface area (Å²) in [6.07, 6.45) is 14.7. The number of hydrogen-bond acceptors (Lipinski definition) is 4. The summed E-state index contributed by atoms with van der Waals surface area (Å²) in [6, 6.07) is 0. The van der Waals surface area contributed by atoms with Crippen LogP contribution < -0.4 is 10.2 Å². The number of anilines is 1. The van der Waals surface area contributed by atoms with Gasteiger partial charge in [0.15, 0.2) is 5.13 Å². The second-order valence-corrected chi connectivity index (χ2v) is 11.5. The average molecular weight is 442 g/mol. The SMILES string of the molecule is C=CCN(C(=O)CCCNC(=O)C12CC3CC(CC(C3)C1)C2)c1nc2c(s1)CCCC2. The molecule has 0 aliphatic heterocycles. The van der Waals surface area contributed by atoms with Crippen LogP contribution >= 0.6 is 11.3 Å². The Kier molecular flexibility index (Phi) is 5.93. The minimum Gasteiger partial charge on any atom is -0.356 e. The summed E-state index contributed by atoms with van der Waals surface area (Å²) < 4.78 is 0. The summed E-state index contributed by atoms with van der Waals surface area (Å²) in [7, 11) is 0. The Hall–Kier alpha value is -1.69. The molecule has 1 aromatic rings. The van der Waals surface area contributed by atoms with Crippen molar-refractivity contribution in [3.8, 4) is 0 Å². The number of thiazole rings is 1. The molecule has 4 fully saturated rings. The van der Waals surface area contributed by atoms with E-state index in [4.69, 9.17) is 4.98 Å². The van der Waals surface area contributed by atoms with Crippen LogP contribution in [0.1, 0.15) is 74.8 Å². The average Bonchev–Trinajstić information content (AvgIpc) is 3.17. The van der Waals surface area contributed by atoms with Crippen molar-refractivity contribution in [2.24, 2.45) is 23.2 Å². The molecule has 0 saturated heterocycles. The first-order chi connectivity index (χ1) is 15.1. The zero-order chi connectivity index (χ0) is 21.4. The Morgan fingerprint density at radius 1 is 1.13 bits per heavy atom. The highest BCUT2D eigenvalue weighted by molar-refractivity contribution is 7.16. The molecule has 0 atom stereocenters. The van der Waals surface area contributed by atoms with Gasteiger partial charge in [0, 0.05) is 29.8 Å². The van der Waals surface area contributed by atoms with Gasteiger partial charge in [0.1, 0.15) is 0 Å². The van der Waals surface area contributed by atoms with Gasteiger partial charge in [0.25, 0.3) is 0 Å². The van der Waals surface area contributed by atoms with Gasteiger partial charge in [-0.25, -0.2) is 4.98 Å². The Labute approximate surface area is 189 Å². The van der Waals surface area contributed by atoms with Gasteiger partial charge in [0.05, 0.1) is 5.69 Å². The number of carbonyl (C=O) groups excluding carboxylic acids is 2. The van der Waals surface area contributed by atoms with Gasteiger partial charge in [0.2, 0.25) is 11.8 Å². The smallest absolute Gasteiger partial charge is 0.229 e. The molecule has 168 valence electrons. The van der Waals surface area contributed by atoms with Gasteiger partial charge in [-0.3, -0.25) is 14.5 Å². The zero-order valence-electron chi connectivity index (χ0n) is 18.5. The highest BCUT2D eigenvalue weighted by Gasteiger charge is 2.54. The van der Waals surface area contributed by atoms with E-state index in [1.54, 1.807) is 22.3 Å². The monoisotopic (exact) mass is 441 g/mol. The quantitative estimate of drug-likeness (QED) is 0.472. The lowest BCUT2D eigenvalue weighted by atomic mass is 9.49. The van der Waals surface area contributed by atoms with E-state index in [-0.39, 0.29) is 17.2 Å². The minimum atomic E-state index is -0.104. The lowest BCUT2D eigenvalue weighted by molar-refractivity contribution is -0.146. The van der Waals surface area contributed by atoms with E-state index < -0.39 is 0 Å². The summed E-state index contributed by atoms with van der Waals surface area (Å²) in [5.74, 6) is 2.66. The fourth-order valence-corrected chi connectivity index (χ4v) is 8.20. The molecule has 31 heavy (non-hydrogen) atoms. The second kappa shape index (κ2) is 8.68. The Bertz CT molecular complexity index is 802. The fraction of sp³-hybridized carbons (Fsp3) is 0.720. The molecule has 5 nitrogen and oxygen atoms in total. The highest BCUT2D eigenvalue weighted by atomic mass is 32.1. The summed E-state index contributed by atoms with van der Waals surface area (Å²) in [6.45, 7) is 4.90. The van der Waals surface area contributed by atoms with Crippen LogP contribution in [0.3, 0.4) is 0 Å². The normalized spacial score (nSPS) is 30.6. The standard InChI is InChI=1S/C25H35N3O2S/c1-2-10-28(24-27-20-6-3-4-7-21(20)31-24)22(29)8-5-9-26-23(30)25-14-17-11-18(15-25)13-19(12-17)16-25/h2,17-19H,1,3-16H2,(H,26,30). The number of rotatable bonds is 8. The van der Waals surface area contributed by atoms with E-state index in [1.165, 1.54) is 42.7 Å². The van der Waals surface area contributed by atoms with Gasteiger partial charge in [-0.1, -0.05) is 6.08 Å². The number of fused-ring (bicyclic) bond motifs is 1. The zero-order valence-corrected chi connectivity index (χ0v) is 19.4. The molecule has 0 radical (unpaired) electrons. The third-order valence-electron chi connectivity index (χ3n) is 8.05. The van der Waals surface area contributed by atoms with E-state index in [9.17, 15) is 9.59 Å². The fourth-order valence-electron chi connectivity index (χ4n) is 7.02. The van der Waals surface area contributed by atoms with E-state index >= 15 is 0 Å². The molecule has 0 spiro atoms. The largest absolute Gasteiger partial charge is 0.356 e. The first-order valence-corrected chi connectivity index (χ1v) is 13.1. The van der Waals surface area contributed by atoms with Crippen molar-refractivity contribution in [3.05, 3.63) is 23.2 Å². The van der Waals surface area contributed by atoms with Gasteiger partial charge >= 0.3 is 0 Å². The number of aromatic nitrogens is 1. The summed E-state index contributed by atoms with van der Waals surface area (Å²) in [5, 5.41) is 4.02. The van der Waals surface area contributed by atoms with Gasteiger partial charge in [-0.2, -0.15) is 0 Å². The van der Waals surface area contributed by atoms with Crippen molar-refractivity contribution in [3.63, 3.8) is 0 Å². The van der Waals surface area contributed by atoms with Crippen molar-refractivity contribution in [1.82, 2.24) is 10.3 Å². The van der Waals surface area contributed by atoms with Crippen LogP contribution in [0.5, 0.6) is 0 Å². The molecule has 5 aliphatic carbocycles. The van der Waals surface area contributed by atoms with Gasteiger partial charge < -0.3 is 5.32 Å². The summed E-state index contributed by atoms with van der Waals surface area (Å²) in [4.78, 5) is 33.9. The number of amides is 2. The van der Waals surface area contributed by atoms with Crippen LogP contribution in [0.25, 0.3) is 0 Å². The van der Waals surface area contributed by atoms with E-state index in [1.807, 2.05) is 0 Å². The van der Waals surface area contributed by atoms with Crippen LogP contribution in [0.4, 0.5) is 5.13 Å². The first-order valence-electron chi connectivity index (χ1n) is 12.2. The van der Waals surface area contributed by atoms with Crippen LogP contribution in [0.2, 0.25) is 0 Å². The molecule has 1 N–H and O–H groups in total. The Balaban J connectivity index is 1.13. The molecule has 5 aliphatic rings. The molecule has 0 unspecified atom stereocenters. The lowest BCUT2D eigenvalue weighted by Crippen LogP contribution is -2.53. The molecular formula is C25H35N3O2S. The molecule has 1 heterocycles. The van der Waals surface area contributed by atoms with E-state index in [0.717, 1.165) is 55.0 Å². The maximum atomic E-state index is 13.1. The third-order valence-corrected chi connectivity index (χ3v) is 9.23. The van der Waals surface area contributed by atoms with Crippen molar-refractivity contribution in [2.45, 2.75) is 77.0 Å². The Morgan fingerprint density at radius 3 is 2.45 bits per heavy atom. The van der Waals surface area contributed by atoms with Crippen molar-refractivity contribution in [2.75, 3.05) is 18.0 Å². The molecule has 6 rings (SSSR count). The number of carbonyl (C=O) groups is 2. The first kappa shape index (κ1) is 21.2. The maximum Gasteiger partial charge on any atom is 0.229 e. The summed E-state index contributed by atoms with van der Waals surface area (Å²) >= 11 is 1.66.